The van der Waals surface area contributed by atoms with Gasteiger partial charge in [0, 0.05) is 29.8 Å². The summed E-state index contributed by atoms with van der Waals surface area (Å²) in [6, 6.07) is 21.1. The summed E-state index contributed by atoms with van der Waals surface area (Å²) in [5.41, 5.74) is 6.50. The van der Waals surface area contributed by atoms with Crippen LogP contribution in [0, 0.1) is 0 Å². The van der Waals surface area contributed by atoms with E-state index in [4.69, 9.17) is 15.0 Å². The van der Waals surface area contributed by atoms with E-state index < -0.39 is 0 Å². The minimum Gasteiger partial charge on any atom is -0.368 e. The number of aliphatic imine (C=N–C) groups is 3. The normalized spacial score (nSPS) is 16.8. The summed E-state index contributed by atoms with van der Waals surface area (Å²) in [5.74, 6) is 2.81. The van der Waals surface area contributed by atoms with Crippen molar-refractivity contribution in [2.75, 3.05) is 31.1 Å². The molecule has 8 nitrogen and oxygen atoms in total. The first-order valence-corrected chi connectivity index (χ1v) is 14.2. The van der Waals surface area contributed by atoms with Crippen molar-refractivity contribution in [1.82, 2.24) is 20.6 Å². The highest BCUT2D eigenvalue weighted by Crippen LogP contribution is 2.37. The Morgan fingerprint density at radius 2 is 1.40 bits per heavy atom. The van der Waals surface area contributed by atoms with Gasteiger partial charge < -0.3 is 10.6 Å². The lowest BCUT2D eigenvalue weighted by Gasteiger charge is -2.14. The van der Waals surface area contributed by atoms with Gasteiger partial charge in [0.15, 0.2) is 5.13 Å². The summed E-state index contributed by atoms with van der Waals surface area (Å²) in [6.07, 6.45) is 0. The number of halogens is 2. The Kier molecular flexibility index (Phi) is 7.18. The van der Waals surface area contributed by atoms with Gasteiger partial charge in [0.2, 0.25) is 5.13 Å². The zero-order chi connectivity index (χ0) is 25.1. The molecule has 0 saturated carbocycles. The van der Waals surface area contributed by atoms with Gasteiger partial charge in [0.1, 0.15) is 17.5 Å². The second-order valence-electron chi connectivity index (χ2n) is 9.35. The first kappa shape index (κ1) is 26.6. The molecule has 3 aromatic carbocycles. The van der Waals surface area contributed by atoms with Crippen LogP contribution in [0.4, 0.5) is 10.3 Å². The molecule has 0 saturated heterocycles. The Balaban J connectivity index is 0.00000145. The van der Waals surface area contributed by atoms with Gasteiger partial charge in [-0.25, -0.2) is 15.0 Å². The van der Waals surface area contributed by atoms with Crippen molar-refractivity contribution in [3.63, 3.8) is 0 Å². The molecule has 0 unspecified atom stereocenters. The maximum Gasteiger partial charge on any atom is 0.212 e. The number of thiazole rings is 2. The second-order valence-corrected chi connectivity index (χ2v) is 11.4. The fraction of sp³-hybridized carbons (Fsp3) is 0.179. The number of aromatic nitrogens is 2. The highest BCUT2D eigenvalue weighted by atomic mass is 35.5. The Labute approximate surface area is 250 Å². The molecule has 2 aromatic heterocycles. The maximum absolute atomic E-state index is 5.11. The molecule has 5 heterocycles. The number of hydrogen-bond donors (Lipinski definition) is 2. The molecule has 0 fully saturated rings. The van der Waals surface area contributed by atoms with E-state index in [1.54, 1.807) is 22.7 Å². The number of benzene rings is 3. The lowest BCUT2D eigenvalue weighted by molar-refractivity contribution is 0.960. The van der Waals surface area contributed by atoms with Crippen molar-refractivity contribution in [2.24, 2.45) is 15.0 Å². The van der Waals surface area contributed by atoms with E-state index >= 15 is 0 Å². The van der Waals surface area contributed by atoms with Crippen LogP contribution in [0.2, 0.25) is 0 Å². The first-order chi connectivity index (χ1) is 18.8. The molecule has 0 amide bonds. The van der Waals surface area contributed by atoms with Crippen molar-refractivity contribution in [2.45, 2.75) is 6.54 Å². The summed E-state index contributed by atoms with van der Waals surface area (Å²) in [6.45, 7) is 4.17. The van der Waals surface area contributed by atoms with E-state index in [1.165, 1.54) is 5.56 Å². The third kappa shape index (κ3) is 4.60. The van der Waals surface area contributed by atoms with Gasteiger partial charge in [-0.15, -0.1) is 24.8 Å². The van der Waals surface area contributed by atoms with Gasteiger partial charge in [-0.1, -0.05) is 46.9 Å². The predicted molar refractivity (Wildman–Crippen MR) is 171 cm³/mol. The number of amidine groups is 3. The number of hydrogen-bond acceptors (Lipinski definition) is 9. The monoisotopic (exact) mass is 606 g/mol. The standard InChI is InChI=1S/C28H22N8S2.2ClH/c1-2-4-19-18(3-1)15-36(28-34-21-8-6-17(14-23(21)38-28)25-31-11-12-32-25)26(19)35-27-33-20-7-5-16(13-22(20)37-27)24-29-9-10-30-24;;/h1-8,13-14H,9-12,15H2,(H,29,30)(H,31,32);2*1H. The van der Waals surface area contributed by atoms with Gasteiger partial charge in [-0.05, 0) is 42.0 Å². The van der Waals surface area contributed by atoms with Gasteiger partial charge in [0.05, 0.1) is 40.1 Å². The molecule has 3 aliphatic heterocycles. The molecule has 3 aliphatic rings. The van der Waals surface area contributed by atoms with E-state index in [1.807, 2.05) is 0 Å². The van der Waals surface area contributed by atoms with E-state index in [2.05, 4.69) is 86.2 Å². The minimum atomic E-state index is 0. The molecule has 0 bridgehead atoms. The lowest BCUT2D eigenvalue weighted by Crippen LogP contribution is -2.23. The molecule has 40 heavy (non-hydrogen) atoms. The number of fused-ring (bicyclic) bond motifs is 3. The maximum atomic E-state index is 5.11. The SMILES string of the molecule is Cl.Cl.c1ccc2c(c1)CN(c1nc3ccc(C4=NCCN4)cc3s1)C2=Nc1nc2ccc(C3=NCCN3)cc2s1. The Bertz CT molecular complexity index is 1840. The predicted octanol–water partition coefficient (Wildman–Crippen LogP) is 5.55. The third-order valence-corrected chi connectivity index (χ3v) is 8.88. The highest BCUT2D eigenvalue weighted by Gasteiger charge is 2.29. The van der Waals surface area contributed by atoms with Crippen LogP contribution in [0.15, 0.2) is 75.6 Å². The average Bonchev–Trinajstić information content (AvgIpc) is 3.77. The summed E-state index contributed by atoms with van der Waals surface area (Å²) in [4.78, 5) is 26.3. The van der Waals surface area contributed by atoms with Crippen LogP contribution in [0.5, 0.6) is 0 Å². The minimum absolute atomic E-state index is 0. The largest absolute Gasteiger partial charge is 0.368 e. The summed E-state index contributed by atoms with van der Waals surface area (Å²) >= 11 is 3.29. The van der Waals surface area contributed by atoms with E-state index in [0.29, 0.717) is 0 Å². The molecule has 2 N–H and O–H groups in total. The highest BCUT2D eigenvalue weighted by molar-refractivity contribution is 7.22. The van der Waals surface area contributed by atoms with Crippen molar-refractivity contribution < 1.29 is 0 Å². The Morgan fingerprint density at radius 3 is 2.08 bits per heavy atom. The van der Waals surface area contributed by atoms with Crippen LogP contribution in [-0.4, -0.2) is 53.7 Å². The second kappa shape index (κ2) is 10.8. The van der Waals surface area contributed by atoms with E-state index in [9.17, 15) is 0 Å². The lowest BCUT2D eigenvalue weighted by atomic mass is 10.1. The smallest absolute Gasteiger partial charge is 0.212 e. The number of rotatable bonds is 4. The first-order valence-electron chi connectivity index (χ1n) is 12.6. The van der Waals surface area contributed by atoms with Gasteiger partial charge in [-0.2, -0.15) is 0 Å². The van der Waals surface area contributed by atoms with Crippen LogP contribution in [-0.2, 0) is 6.54 Å². The van der Waals surface area contributed by atoms with Crippen LogP contribution in [0.1, 0.15) is 22.3 Å². The van der Waals surface area contributed by atoms with Gasteiger partial charge in [-0.3, -0.25) is 14.9 Å². The quantitative estimate of drug-likeness (QED) is 0.280. The molecule has 0 radical (unpaired) electrons. The zero-order valence-corrected chi connectivity index (χ0v) is 24.4. The van der Waals surface area contributed by atoms with Gasteiger partial charge >= 0.3 is 0 Å². The number of nitrogens with zero attached hydrogens (tertiary/aromatic N) is 6. The summed E-state index contributed by atoms with van der Waals surface area (Å²) in [7, 11) is 0. The van der Waals surface area contributed by atoms with Gasteiger partial charge in [0.25, 0.3) is 0 Å². The Hall–Kier alpha value is -3.57. The molecule has 8 rings (SSSR count). The molecule has 0 atom stereocenters. The molecule has 202 valence electrons. The Morgan fingerprint density at radius 1 is 0.750 bits per heavy atom. The van der Waals surface area contributed by atoms with Crippen LogP contribution < -0.4 is 15.5 Å². The van der Waals surface area contributed by atoms with Crippen LogP contribution in [0.3, 0.4) is 0 Å². The van der Waals surface area contributed by atoms with Crippen molar-refractivity contribution in [3.05, 3.63) is 82.9 Å². The third-order valence-electron chi connectivity index (χ3n) is 6.92. The van der Waals surface area contributed by atoms with Crippen molar-refractivity contribution >= 4 is 95.7 Å². The number of anilines is 1. The molecule has 0 aliphatic carbocycles. The molecule has 0 spiro atoms. The molecule has 12 heteroatoms. The van der Waals surface area contributed by atoms with Crippen molar-refractivity contribution in [1.29, 1.82) is 0 Å². The van der Waals surface area contributed by atoms with Crippen LogP contribution >= 0.6 is 47.5 Å². The molecular formula is C28H24Cl2N8S2. The average molecular weight is 608 g/mol. The summed E-state index contributed by atoms with van der Waals surface area (Å²) < 4.78 is 2.24. The zero-order valence-electron chi connectivity index (χ0n) is 21.1. The number of nitrogens with one attached hydrogen (secondary N) is 2. The summed E-state index contributed by atoms with van der Waals surface area (Å²) in [5, 5.41) is 8.39. The fourth-order valence-electron chi connectivity index (χ4n) is 5.10. The molecular weight excluding hydrogens is 583 g/mol. The van der Waals surface area contributed by atoms with Crippen molar-refractivity contribution in [3.8, 4) is 0 Å². The van der Waals surface area contributed by atoms with E-state index in [-0.39, 0.29) is 24.8 Å². The topological polar surface area (TPSA) is 90.2 Å². The van der Waals surface area contributed by atoms with E-state index in [0.717, 1.165) is 97.6 Å². The fourth-order valence-corrected chi connectivity index (χ4v) is 6.98. The molecule has 5 aromatic rings. The van der Waals surface area contributed by atoms with Crippen LogP contribution in [0.25, 0.3) is 20.4 Å².